The summed E-state index contributed by atoms with van der Waals surface area (Å²) in [6.45, 7) is 1.97. The van der Waals surface area contributed by atoms with E-state index in [9.17, 15) is 9.18 Å². The molecule has 0 fully saturated rings. The number of nitrogens with zero attached hydrogens (tertiary/aromatic N) is 2. The highest BCUT2D eigenvalue weighted by atomic mass is 127. The van der Waals surface area contributed by atoms with E-state index >= 15 is 0 Å². The van der Waals surface area contributed by atoms with Crippen molar-refractivity contribution in [3.05, 3.63) is 38.2 Å². The second-order valence-corrected chi connectivity index (χ2v) is 5.66. The molecule has 0 aliphatic rings. The summed E-state index contributed by atoms with van der Waals surface area (Å²) in [5, 5.41) is 11.7. The molecule has 0 atom stereocenters. The Morgan fingerprint density at radius 2 is 2.28 bits per heavy atom. The summed E-state index contributed by atoms with van der Waals surface area (Å²) in [4.78, 5) is 11.9. The van der Waals surface area contributed by atoms with Crippen molar-refractivity contribution in [2.24, 2.45) is 0 Å². The zero-order valence-corrected chi connectivity index (χ0v) is 12.4. The third-order valence-electron chi connectivity index (χ3n) is 2.17. The summed E-state index contributed by atoms with van der Waals surface area (Å²) in [5.74, 6) is -0.668. The number of anilines is 1. The molecule has 0 radical (unpaired) electrons. The Bertz CT molecular complexity index is 587. The van der Waals surface area contributed by atoms with Crippen molar-refractivity contribution in [3.8, 4) is 0 Å². The van der Waals surface area contributed by atoms with Gasteiger partial charge in [-0.1, -0.05) is 18.3 Å². The van der Waals surface area contributed by atoms with Crippen LogP contribution in [0.4, 0.5) is 9.52 Å². The maximum absolute atomic E-state index is 12.9. The van der Waals surface area contributed by atoms with Gasteiger partial charge in [-0.3, -0.25) is 10.1 Å². The fourth-order valence-electron chi connectivity index (χ4n) is 1.29. The van der Waals surface area contributed by atoms with Crippen LogP contribution in [0.3, 0.4) is 0 Å². The Labute approximate surface area is 121 Å². The van der Waals surface area contributed by atoms with Gasteiger partial charge in [-0.15, -0.1) is 10.2 Å². The number of rotatable bonds is 3. The van der Waals surface area contributed by atoms with E-state index < -0.39 is 0 Å². The fraction of sp³-hybridized carbons (Fsp3) is 0.182. The van der Waals surface area contributed by atoms with Crippen molar-refractivity contribution in [2.45, 2.75) is 13.3 Å². The lowest BCUT2D eigenvalue weighted by atomic mass is 10.2. The second kappa shape index (κ2) is 5.70. The number of benzene rings is 1. The Morgan fingerprint density at radius 1 is 1.50 bits per heavy atom. The van der Waals surface area contributed by atoms with Crippen LogP contribution in [0.5, 0.6) is 0 Å². The molecule has 94 valence electrons. The van der Waals surface area contributed by atoms with Crippen molar-refractivity contribution in [2.75, 3.05) is 5.32 Å². The second-order valence-electron chi connectivity index (χ2n) is 3.43. The van der Waals surface area contributed by atoms with E-state index in [0.717, 1.165) is 11.4 Å². The smallest absolute Gasteiger partial charge is 0.258 e. The lowest BCUT2D eigenvalue weighted by molar-refractivity contribution is 0.102. The Balaban J connectivity index is 2.16. The standard InChI is InChI=1S/C11H9FIN3OS/c1-2-9-15-16-11(18-9)14-10(17)7-4-3-6(12)5-8(7)13/h3-5H,2H2,1H3,(H,14,16,17). The summed E-state index contributed by atoms with van der Waals surface area (Å²) in [6.07, 6.45) is 0.779. The molecule has 18 heavy (non-hydrogen) atoms. The van der Waals surface area contributed by atoms with Crippen molar-refractivity contribution >= 4 is 45.0 Å². The van der Waals surface area contributed by atoms with Crippen LogP contribution >= 0.6 is 33.9 Å². The number of carbonyl (C=O) groups is 1. The lowest BCUT2D eigenvalue weighted by Crippen LogP contribution is -2.13. The van der Waals surface area contributed by atoms with E-state index in [-0.39, 0.29) is 11.7 Å². The van der Waals surface area contributed by atoms with Gasteiger partial charge in [0.15, 0.2) is 0 Å². The molecule has 0 saturated carbocycles. The average Bonchev–Trinajstić information content (AvgIpc) is 2.76. The molecule has 7 heteroatoms. The molecule has 0 saturated heterocycles. The molecule has 1 amide bonds. The summed E-state index contributed by atoms with van der Waals surface area (Å²) in [5.41, 5.74) is 0.422. The van der Waals surface area contributed by atoms with Gasteiger partial charge in [0, 0.05) is 3.57 Å². The summed E-state index contributed by atoms with van der Waals surface area (Å²) in [6, 6.07) is 4.02. The van der Waals surface area contributed by atoms with Gasteiger partial charge < -0.3 is 0 Å². The third-order valence-corrected chi connectivity index (χ3v) is 4.04. The first-order chi connectivity index (χ1) is 8.60. The number of aromatic nitrogens is 2. The zero-order valence-electron chi connectivity index (χ0n) is 9.41. The molecule has 1 heterocycles. The SMILES string of the molecule is CCc1nnc(NC(=O)c2ccc(F)cc2I)s1. The first-order valence-corrected chi connectivity index (χ1v) is 7.08. The van der Waals surface area contributed by atoms with Crippen LogP contribution in [-0.2, 0) is 6.42 Å². The minimum Gasteiger partial charge on any atom is -0.296 e. The monoisotopic (exact) mass is 377 g/mol. The van der Waals surface area contributed by atoms with Gasteiger partial charge in [0.05, 0.1) is 5.56 Å². The first kappa shape index (κ1) is 13.3. The van der Waals surface area contributed by atoms with Crippen LogP contribution in [-0.4, -0.2) is 16.1 Å². The quantitative estimate of drug-likeness (QED) is 0.837. The summed E-state index contributed by atoms with van der Waals surface area (Å²) < 4.78 is 13.5. The molecule has 1 aromatic carbocycles. The van der Waals surface area contributed by atoms with Crippen molar-refractivity contribution in [1.29, 1.82) is 0 Å². The predicted molar refractivity (Wildman–Crippen MR) is 76.4 cm³/mol. The number of aryl methyl sites for hydroxylation is 1. The van der Waals surface area contributed by atoms with Gasteiger partial charge in [-0.25, -0.2) is 4.39 Å². The minimum atomic E-state index is -0.361. The number of nitrogens with one attached hydrogen (secondary N) is 1. The fourth-order valence-corrected chi connectivity index (χ4v) is 2.68. The molecule has 0 unspecified atom stereocenters. The highest BCUT2D eigenvalue weighted by Gasteiger charge is 2.13. The summed E-state index contributed by atoms with van der Waals surface area (Å²) in [7, 11) is 0. The highest BCUT2D eigenvalue weighted by molar-refractivity contribution is 14.1. The van der Waals surface area contributed by atoms with E-state index in [1.54, 1.807) is 0 Å². The molecular formula is C11H9FIN3OS. The number of hydrogen-bond donors (Lipinski definition) is 1. The van der Waals surface area contributed by atoms with Crippen molar-refractivity contribution in [3.63, 3.8) is 0 Å². The molecule has 0 aliphatic heterocycles. The molecule has 0 bridgehead atoms. The maximum atomic E-state index is 12.9. The summed E-state index contributed by atoms with van der Waals surface area (Å²) >= 11 is 3.26. The Kier molecular flexibility index (Phi) is 4.23. The lowest BCUT2D eigenvalue weighted by Gasteiger charge is -2.03. The van der Waals surface area contributed by atoms with Gasteiger partial charge in [0.1, 0.15) is 10.8 Å². The van der Waals surface area contributed by atoms with E-state index in [4.69, 9.17) is 0 Å². The van der Waals surface area contributed by atoms with Crippen molar-refractivity contribution in [1.82, 2.24) is 10.2 Å². The number of halogens is 2. The molecule has 1 N–H and O–H groups in total. The van der Waals surface area contributed by atoms with E-state index in [1.165, 1.54) is 29.5 Å². The van der Waals surface area contributed by atoms with Gasteiger partial charge in [0.2, 0.25) is 5.13 Å². The molecule has 2 aromatic rings. The normalized spacial score (nSPS) is 10.4. The Morgan fingerprint density at radius 3 is 2.89 bits per heavy atom. The molecule has 4 nitrogen and oxygen atoms in total. The highest BCUT2D eigenvalue weighted by Crippen LogP contribution is 2.19. The van der Waals surface area contributed by atoms with Crippen LogP contribution in [0.1, 0.15) is 22.3 Å². The van der Waals surface area contributed by atoms with Crippen LogP contribution in [0, 0.1) is 9.39 Å². The van der Waals surface area contributed by atoms with Crippen molar-refractivity contribution < 1.29 is 9.18 Å². The van der Waals surface area contributed by atoms with Crippen LogP contribution in [0.15, 0.2) is 18.2 Å². The molecule has 2 rings (SSSR count). The van der Waals surface area contributed by atoms with E-state index in [0.29, 0.717) is 14.3 Å². The molecule has 0 spiro atoms. The number of carbonyl (C=O) groups excluding carboxylic acids is 1. The zero-order chi connectivity index (χ0) is 13.1. The predicted octanol–water partition coefficient (Wildman–Crippen LogP) is 3.10. The largest absolute Gasteiger partial charge is 0.296 e. The Hall–Kier alpha value is -1.09. The van der Waals surface area contributed by atoms with Gasteiger partial charge in [0.25, 0.3) is 5.91 Å². The topological polar surface area (TPSA) is 54.9 Å². The molecule has 1 aromatic heterocycles. The van der Waals surface area contributed by atoms with E-state index in [2.05, 4.69) is 15.5 Å². The van der Waals surface area contributed by atoms with Gasteiger partial charge in [-0.05, 0) is 47.2 Å². The molecular weight excluding hydrogens is 368 g/mol. The van der Waals surface area contributed by atoms with Crippen LogP contribution < -0.4 is 5.32 Å². The first-order valence-electron chi connectivity index (χ1n) is 5.19. The molecule has 0 aliphatic carbocycles. The average molecular weight is 377 g/mol. The number of amides is 1. The minimum absolute atomic E-state index is 0.307. The van der Waals surface area contributed by atoms with Gasteiger partial charge >= 0.3 is 0 Å². The maximum Gasteiger partial charge on any atom is 0.258 e. The van der Waals surface area contributed by atoms with Crippen LogP contribution in [0.2, 0.25) is 0 Å². The van der Waals surface area contributed by atoms with E-state index in [1.807, 2.05) is 29.5 Å². The number of hydrogen-bond acceptors (Lipinski definition) is 4. The van der Waals surface area contributed by atoms with Gasteiger partial charge in [-0.2, -0.15) is 0 Å². The van der Waals surface area contributed by atoms with Crippen LogP contribution in [0.25, 0.3) is 0 Å². The third kappa shape index (κ3) is 3.02.